The van der Waals surface area contributed by atoms with Gasteiger partial charge in [-0.2, -0.15) is 0 Å². The zero-order valence-electron chi connectivity index (χ0n) is 14.3. The lowest BCUT2D eigenvalue weighted by Crippen LogP contribution is -2.33. The average molecular weight is 337 g/mol. The molecule has 0 atom stereocenters. The minimum atomic E-state index is -0.269. The van der Waals surface area contributed by atoms with Gasteiger partial charge in [-0.1, -0.05) is 49.2 Å². The van der Waals surface area contributed by atoms with Crippen molar-refractivity contribution >= 4 is 11.8 Å². The van der Waals surface area contributed by atoms with Gasteiger partial charge in [-0.15, -0.1) is 0 Å². The number of amides is 2. The van der Waals surface area contributed by atoms with Crippen LogP contribution < -0.4 is 5.32 Å². The van der Waals surface area contributed by atoms with E-state index in [-0.39, 0.29) is 17.5 Å². The average Bonchev–Trinajstić information content (AvgIpc) is 2.96. The second kappa shape index (κ2) is 8.42. The molecule has 1 aliphatic heterocycles. The second-order valence-corrected chi connectivity index (χ2v) is 6.28. The Balaban J connectivity index is 1.65. The Morgan fingerprint density at radius 1 is 0.880 bits per heavy atom. The van der Waals surface area contributed by atoms with Crippen molar-refractivity contribution in [2.45, 2.75) is 32.2 Å². The summed E-state index contributed by atoms with van der Waals surface area (Å²) in [7, 11) is 0. The normalized spacial score (nSPS) is 14.6. The van der Waals surface area contributed by atoms with E-state index in [1.54, 1.807) is 18.2 Å². The lowest BCUT2D eigenvalue weighted by atomic mass is 10.2. The fourth-order valence-electron chi connectivity index (χ4n) is 2.98. The molecule has 0 spiro atoms. The number of benzene rings is 1. The Morgan fingerprint density at radius 3 is 2.28 bits per heavy atom. The SMILES string of the molecule is O=C(NCc1ccccc1)c1cccc(C(=O)N2CCCCCC2)n1. The van der Waals surface area contributed by atoms with Gasteiger partial charge in [-0.3, -0.25) is 9.59 Å². The van der Waals surface area contributed by atoms with Gasteiger partial charge in [0.2, 0.25) is 0 Å². The molecule has 2 amide bonds. The van der Waals surface area contributed by atoms with E-state index >= 15 is 0 Å². The first-order chi connectivity index (χ1) is 12.2. The number of hydrogen-bond donors (Lipinski definition) is 1. The Kier molecular flexibility index (Phi) is 5.77. The van der Waals surface area contributed by atoms with Crippen molar-refractivity contribution < 1.29 is 9.59 Å². The van der Waals surface area contributed by atoms with Crippen molar-refractivity contribution in [2.75, 3.05) is 13.1 Å². The highest BCUT2D eigenvalue weighted by Gasteiger charge is 2.19. The van der Waals surface area contributed by atoms with E-state index < -0.39 is 0 Å². The zero-order valence-corrected chi connectivity index (χ0v) is 14.3. The standard InChI is InChI=1S/C20H23N3O2/c24-19(21-15-16-9-4-3-5-10-16)17-11-8-12-18(22-17)20(25)23-13-6-1-2-7-14-23/h3-5,8-12H,1-2,6-7,13-15H2,(H,21,24). The molecule has 5 nitrogen and oxygen atoms in total. The molecule has 1 aromatic carbocycles. The summed E-state index contributed by atoms with van der Waals surface area (Å²) < 4.78 is 0. The molecular formula is C20H23N3O2. The fraction of sp³-hybridized carbons (Fsp3) is 0.350. The van der Waals surface area contributed by atoms with Gasteiger partial charge in [0, 0.05) is 19.6 Å². The van der Waals surface area contributed by atoms with E-state index in [0.717, 1.165) is 31.5 Å². The Hall–Kier alpha value is -2.69. The number of nitrogens with zero attached hydrogens (tertiary/aromatic N) is 2. The molecule has 25 heavy (non-hydrogen) atoms. The van der Waals surface area contributed by atoms with E-state index in [9.17, 15) is 9.59 Å². The maximum Gasteiger partial charge on any atom is 0.272 e. The smallest absolute Gasteiger partial charge is 0.272 e. The van der Waals surface area contributed by atoms with Crippen LogP contribution in [0.4, 0.5) is 0 Å². The Morgan fingerprint density at radius 2 is 1.56 bits per heavy atom. The van der Waals surface area contributed by atoms with Gasteiger partial charge in [-0.05, 0) is 30.5 Å². The Labute approximate surface area is 148 Å². The van der Waals surface area contributed by atoms with Crippen LogP contribution in [0.25, 0.3) is 0 Å². The van der Waals surface area contributed by atoms with Crippen LogP contribution in [0.5, 0.6) is 0 Å². The van der Waals surface area contributed by atoms with Crippen LogP contribution in [0.2, 0.25) is 0 Å². The lowest BCUT2D eigenvalue weighted by molar-refractivity contribution is 0.0755. The molecule has 5 heteroatoms. The van der Waals surface area contributed by atoms with E-state index in [0.29, 0.717) is 12.2 Å². The number of pyridine rings is 1. The molecule has 0 saturated carbocycles. The molecule has 3 rings (SSSR count). The second-order valence-electron chi connectivity index (χ2n) is 6.28. The number of carbonyl (C=O) groups is 2. The van der Waals surface area contributed by atoms with Crippen LogP contribution in [-0.2, 0) is 6.54 Å². The molecule has 1 aromatic heterocycles. The molecule has 1 fully saturated rings. The maximum atomic E-state index is 12.6. The topological polar surface area (TPSA) is 62.3 Å². The molecule has 2 aromatic rings. The molecule has 0 unspecified atom stereocenters. The number of carbonyl (C=O) groups excluding carboxylic acids is 2. The van der Waals surface area contributed by atoms with Crippen molar-refractivity contribution in [2.24, 2.45) is 0 Å². The summed E-state index contributed by atoms with van der Waals surface area (Å²) in [6.45, 7) is 1.97. The molecule has 130 valence electrons. The number of aromatic nitrogens is 1. The summed E-state index contributed by atoms with van der Waals surface area (Å²) in [6, 6.07) is 14.7. The quantitative estimate of drug-likeness (QED) is 0.933. The number of likely N-dealkylation sites (tertiary alicyclic amines) is 1. The first-order valence-electron chi connectivity index (χ1n) is 8.82. The molecular weight excluding hydrogens is 314 g/mol. The summed E-state index contributed by atoms with van der Waals surface area (Å²) in [4.78, 5) is 31.1. The van der Waals surface area contributed by atoms with Crippen molar-refractivity contribution in [3.05, 3.63) is 65.5 Å². The molecule has 1 N–H and O–H groups in total. The summed E-state index contributed by atoms with van der Waals surface area (Å²) in [5.41, 5.74) is 1.64. The number of rotatable bonds is 4. The van der Waals surface area contributed by atoms with Crippen molar-refractivity contribution in [3.8, 4) is 0 Å². The monoisotopic (exact) mass is 337 g/mol. The first-order valence-corrected chi connectivity index (χ1v) is 8.82. The van der Waals surface area contributed by atoms with Gasteiger partial charge in [0.1, 0.15) is 11.4 Å². The predicted octanol–water partition coefficient (Wildman–Crippen LogP) is 3.03. The molecule has 1 aliphatic rings. The van der Waals surface area contributed by atoms with Crippen LogP contribution in [-0.4, -0.2) is 34.8 Å². The van der Waals surface area contributed by atoms with Crippen LogP contribution >= 0.6 is 0 Å². The number of nitrogens with one attached hydrogen (secondary N) is 1. The number of hydrogen-bond acceptors (Lipinski definition) is 3. The van der Waals surface area contributed by atoms with Crippen LogP contribution in [0.3, 0.4) is 0 Å². The highest BCUT2D eigenvalue weighted by atomic mass is 16.2. The van der Waals surface area contributed by atoms with E-state index in [2.05, 4.69) is 10.3 Å². The van der Waals surface area contributed by atoms with E-state index in [4.69, 9.17) is 0 Å². The van der Waals surface area contributed by atoms with Gasteiger partial charge in [0.15, 0.2) is 0 Å². The van der Waals surface area contributed by atoms with Gasteiger partial charge in [-0.25, -0.2) is 4.98 Å². The van der Waals surface area contributed by atoms with Crippen LogP contribution in [0.15, 0.2) is 48.5 Å². The van der Waals surface area contributed by atoms with Gasteiger partial charge in [0.25, 0.3) is 11.8 Å². The first kappa shape index (κ1) is 17.1. The summed E-state index contributed by atoms with van der Waals surface area (Å²) >= 11 is 0. The van der Waals surface area contributed by atoms with Gasteiger partial charge >= 0.3 is 0 Å². The highest BCUT2D eigenvalue weighted by molar-refractivity contribution is 5.96. The fourth-order valence-corrected chi connectivity index (χ4v) is 2.98. The third-order valence-corrected chi connectivity index (χ3v) is 4.39. The largest absolute Gasteiger partial charge is 0.347 e. The van der Waals surface area contributed by atoms with E-state index in [1.807, 2.05) is 35.2 Å². The van der Waals surface area contributed by atoms with E-state index in [1.165, 1.54) is 12.8 Å². The summed E-state index contributed by atoms with van der Waals surface area (Å²) in [6.07, 6.45) is 4.39. The Bertz CT molecular complexity index is 723. The third-order valence-electron chi connectivity index (χ3n) is 4.39. The maximum absolute atomic E-state index is 12.6. The van der Waals surface area contributed by atoms with Gasteiger partial charge in [0.05, 0.1) is 0 Å². The van der Waals surface area contributed by atoms with Crippen molar-refractivity contribution in [1.82, 2.24) is 15.2 Å². The van der Waals surface area contributed by atoms with Crippen molar-refractivity contribution in [1.29, 1.82) is 0 Å². The summed E-state index contributed by atoms with van der Waals surface area (Å²) in [5, 5.41) is 2.84. The highest BCUT2D eigenvalue weighted by Crippen LogP contribution is 2.13. The minimum absolute atomic E-state index is 0.0837. The molecule has 1 saturated heterocycles. The third kappa shape index (κ3) is 4.66. The lowest BCUT2D eigenvalue weighted by Gasteiger charge is -2.19. The zero-order chi connectivity index (χ0) is 17.5. The summed E-state index contributed by atoms with van der Waals surface area (Å²) in [5.74, 6) is -0.353. The molecule has 2 heterocycles. The van der Waals surface area contributed by atoms with Crippen molar-refractivity contribution in [3.63, 3.8) is 0 Å². The van der Waals surface area contributed by atoms with Crippen LogP contribution in [0.1, 0.15) is 52.2 Å². The predicted molar refractivity (Wildman–Crippen MR) is 96.2 cm³/mol. The molecule has 0 bridgehead atoms. The minimum Gasteiger partial charge on any atom is -0.347 e. The molecule has 0 aliphatic carbocycles. The molecule has 0 radical (unpaired) electrons. The van der Waals surface area contributed by atoms with Crippen LogP contribution in [0, 0.1) is 0 Å². The van der Waals surface area contributed by atoms with Gasteiger partial charge < -0.3 is 10.2 Å².